The molecular weight excluding hydrogens is 304 g/mol. The van der Waals surface area contributed by atoms with E-state index in [9.17, 15) is 4.79 Å². The molecule has 24 heavy (non-hydrogen) atoms. The maximum absolute atomic E-state index is 12.4. The molecule has 2 heterocycles. The Bertz CT molecular complexity index is 801. The van der Waals surface area contributed by atoms with Gasteiger partial charge in [0.05, 0.1) is 0 Å². The maximum Gasteiger partial charge on any atom is 0.242 e. The van der Waals surface area contributed by atoms with Crippen molar-refractivity contribution < 1.29 is 9.21 Å². The highest BCUT2D eigenvalue weighted by molar-refractivity contribution is 5.80. The average Bonchev–Trinajstić information content (AvgIpc) is 3.20. The van der Waals surface area contributed by atoms with Crippen LogP contribution in [0.5, 0.6) is 0 Å². The quantitative estimate of drug-likeness (QED) is 0.755. The van der Waals surface area contributed by atoms with Crippen molar-refractivity contribution in [3.8, 4) is 0 Å². The number of oxazole rings is 1. The molecule has 0 saturated carbocycles. The number of fused-ring (bicyclic) bond motifs is 1. The van der Waals surface area contributed by atoms with Gasteiger partial charge in [-0.15, -0.1) is 0 Å². The minimum Gasteiger partial charge on any atom is -0.441 e. The summed E-state index contributed by atoms with van der Waals surface area (Å²) in [6.45, 7) is 6.50. The van der Waals surface area contributed by atoms with Crippen LogP contribution in [0, 0.1) is 0 Å². The summed E-state index contributed by atoms with van der Waals surface area (Å²) in [7, 11) is 0. The van der Waals surface area contributed by atoms with E-state index in [0.717, 1.165) is 16.9 Å². The Morgan fingerprint density at radius 3 is 2.83 bits per heavy atom. The van der Waals surface area contributed by atoms with Crippen LogP contribution in [0.1, 0.15) is 44.4 Å². The molecule has 0 bridgehead atoms. The summed E-state index contributed by atoms with van der Waals surface area (Å²) in [5.74, 6) is 1.78. The van der Waals surface area contributed by atoms with Crippen LogP contribution in [0.25, 0.3) is 11.1 Å². The van der Waals surface area contributed by atoms with Gasteiger partial charge in [-0.1, -0.05) is 26.0 Å². The SMILES string of the molecule is CC(C)c1nccn1[C@H](C)C(=O)NCCc1nc2ccccc2o1. The Hall–Kier alpha value is -2.63. The Morgan fingerprint density at radius 1 is 1.29 bits per heavy atom. The number of aromatic nitrogens is 3. The summed E-state index contributed by atoms with van der Waals surface area (Å²) >= 11 is 0. The van der Waals surface area contributed by atoms with E-state index >= 15 is 0 Å². The van der Waals surface area contributed by atoms with E-state index in [1.165, 1.54) is 0 Å². The molecule has 3 aromatic rings. The molecule has 0 unspecified atom stereocenters. The fourth-order valence-electron chi connectivity index (χ4n) is 2.69. The third-order valence-electron chi connectivity index (χ3n) is 3.99. The van der Waals surface area contributed by atoms with Crippen LogP contribution in [-0.4, -0.2) is 27.0 Å². The number of imidazole rings is 1. The molecule has 0 aliphatic heterocycles. The molecule has 0 aliphatic carbocycles. The summed E-state index contributed by atoms with van der Waals surface area (Å²) in [5.41, 5.74) is 1.61. The van der Waals surface area contributed by atoms with Crippen LogP contribution in [0.4, 0.5) is 0 Å². The third kappa shape index (κ3) is 3.32. The molecule has 1 amide bonds. The van der Waals surface area contributed by atoms with Gasteiger partial charge in [0.25, 0.3) is 0 Å². The molecule has 1 aromatic carbocycles. The number of hydrogen-bond acceptors (Lipinski definition) is 4. The molecule has 3 rings (SSSR count). The lowest BCUT2D eigenvalue weighted by Gasteiger charge is -2.17. The minimum absolute atomic E-state index is 0.0361. The number of para-hydroxylation sites is 2. The first-order chi connectivity index (χ1) is 11.6. The topological polar surface area (TPSA) is 73.0 Å². The molecule has 6 heteroatoms. The van der Waals surface area contributed by atoms with Gasteiger partial charge in [-0.25, -0.2) is 9.97 Å². The van der Waals surface area contributed by atoms with Crippen molar-refractivity contribution in [2.45, 2.75) is 39.2 Å². The second-order valence-corrected chi connectivity index (χ2v) is 6.14. The van der Waals surface area contributed by atoms with Gasteiger partial charge in [-0.2, -0.15) is 0 Å². The fourth-order valence-corrected chi connectivity index (χ4v) is 2.69. The van der Waals surface area contributed by atoms with Crippen molar-refractivity contribution in [1.82, 2.24) is 19.9 Å². The highest BCUT2D eigenvalue weighted by Gasteiger charge is 2.19. The van der Waals surface area contributed by atoms with E-state index in [-0.39, 0.29) is 17.9 Å². The highest BCUT2D eigenvalue weighted by Crippen LogP contribution is 2.17. The van der Waals surface area contributed by atoms with Crippen molar-refractivity contribution in [3.05, 3.63) is 48.4 Å². The molecule has 2 aromatic heterocycles. The molecule has 0 aliphatic rings. The molecule has 126 valence electrons. The summed E-state index contributed by atoms with van der Waals surface area (Å²) in [6.07, 6.45) is 4.14. The number of hydrogen-bond donors (Lipinski definition) is 1. The summed E-state index contributed by atoms with van der Waals surface area (Å²) < 4.78 is 7.57. The van der Waals surface area contributed by atoms with E-state index in [2.05, 4.69) is 29.1 Å². The lowest BCUT2D eigenvalue weighted by molar-refractivity contribution is -0.123. The third-order valence-corrected chi connectivity index (χ3v) is 3.99. The van der Waals surface area contributed by atoms with Gasteiger partial charge in [-0.05, 0) is 19.1 Å². The van der Waals surface area contributed by atoms with Crippen LogP contribution < -0.4 is 5.32 Å². The van der Waals surface area contributed by atoms with Crippen LogP contribution in [0.15, 0.2) is 41.1 Å². The first-order valence-electron chi connectivity index (χ1n) is 8.21. The Labute approximate surface area is 140 Å². The largest absolute Gasteiger partial charge is 0.441 e. The normalized spacial score (nSPS) is 12.7. The Morgan fingerprint density at radius 2 is 2.08 bits per heavy atom. The summed E-state index contributed by atoms with van der Waals surface area (Å²) in [6, 6.07) is 7.34. The zero-order valence-corrected chi connectivity index (χ0v) is 14.2. The second-order valence-electron chi connectivity index (χ2n) is 6.14. The first-order valence-corrected chi connectivity index (χ1v) is 8.21. The van der Waals surface area contributed by atoms with E-state index in [0.29, 0.717) is 18.9 Å². The van der Waals surface area contributed by atoms with Crippen molar-refractivity contribution in [1.29, 1.82) is 0 Å². The van der Waals surface area contributed by atoms with E-state index in [1.54, 1.807) is 6.20 Å². The van der Waals surface area contributed by atoms with Gasteiger partial charge in [0.1, 0.15) is 17.4 Å². The molecule has 6 nitrogen and oxygen atoms in total. The number of carbonyl (C=O) groups excluding carboxylic acids is 1. The van der Waals surface area contributed by atoms with Crippen molar-refractivity contribution in [2.75, 3.05) is 6.54 Å². The zero-order chi connectivity index (χ0) is 17.1. The van der Waals surface area contributed by atoms with Crippen molar-refractivity contribution >= 4 is 17.0 Å². The Kier molecular flexibility index (Phi) is 4.64. The van der Waals surface area contributed by atoms with Crippen molar-refractivity contribution in [2.24, 2.45) is 0 Å². The number of nitrogens with zero attached hydrogens (tertiary/aromatic N) is 3. The van der Waals surface area contributed by atoms with Crippen LogP contribution in [-0.2, 0) is 11.2 Å². The molecule has 0 radical (unpaired) electrons. The summed E-state index contributed by atoms with van der Waals surface area (Å²) in [5, 5.41) is 2.94. The lowest BCUT2D eigenvalue weighted by atomic mass is 10.2. The van der Waals surface area contributed by atoms with E-state index in [1.807, 2.05) is 42.0 Å². The molecule has 0 spiro atoms. The van der Waals surface area contributed by atoms with Gasteiger partial charge < -0.3 is 14.3 Å². The molecule has 1 atom stereocenters. The van der Waals surface area contributed by atoms with Crippen LogP contribution >= 0.6 is 0 Å². The van der Waals surface area contributed by atoms with Crippen LogP contribution in [0.3, 0.4) is 0 Å². The van der Waals surface area contributed by atoms with Gasteiger partial charge in [-0.3, -0.25) is 4.79 Å². The highest BCUT2D eigenvalue weighted by atomic mass is 16.3. The zero-order valence-electron chi connectivity index (χ0n) is 14.2. The van der Waals surface area contributed by atoms with Crippen molar-refractivity contribution in [3.63, 3.8) is 0 Å². The van der Waals surface area contributed by atoms with E-state index < -0.39 is 0 Å². The van der Waals surface area contributed by atoms with Gasteiger partial charge in [0.15, 0.2) is 11.5 Å². The monoisotopic (exact) mass is 326 g/mol. The van der Waals surface area contributed by atoms with E-state index in [4.69, 9.17) is 4.42 Å². The minimum atomic E-state index is -0.298. The smallest absolute Gasteiger partial charge is 0.242 e. The lowest BCUT2D eigenvalue weighted by Crippen LogP contribution is -2.33. The molecule has 1 N–H and O–H groups in total. The Balaban J connectivity index is 1.57. The average molecular weight is 326 g/mol. The van der Waals surface area contributed by atoms with Gasteiger partial charge >= 0.3 is 0 Å². The number of amides is 1. The number of rotatable bonds is 6. The maximum atomic E-state index is 12.4. The van der Waals surface area contributed by atoms with Crippen LogP contribution in [0.2, 0.25) is 0 Å². The summed E-state index contributed by atoms with van der Waals surface area (Å²) in [4.78, 5) is 21.1. The molecular formula is C18H22N4O2. The first kappa shape index (κ1) is 16.2. The predicted molar refractivity (Wildman–Crippen MR) is 91.7 cm³/mol. The van der Waals surface area contributed by atoms with Gasteiger partial charge in [0.2, 0.25) is 5.91 Å². The second kappa shape index (κ2) is 6.86. The number of benzene rings is 1. The fraction of sp³-hybridized carbons (Fsp3) is 0.389. The predicted octanol–water partition coefficient (Wildman–Crippen LogP) is 3.07. The molecule has 0 fully saturated rings. The standard InChI is InChI=1S/C18H22N4O2/c1-12(2)17-19-10-11-22(17)13(3)18(23)20-9-8-16-21-14-6-4-5-7-15(14)24-16/h4-7,10-13H,8-9H2,1-3H3,(H,20,23)/t13-/m1/s1. The number of carbonyl (C=O) groups is 1. The number of nitrogens with one attached hydrogen (secondary N) is 1. The molecule has 0 saturated heterocycles. The van der Waals surface area contributed by atoms with Gasteiger partial charge in [0, 0.05) is 31.3 Å².